The average Bonchev–Trinajstić information content (AvgIpc) is 3.55. The van der Waals surface area contributed by atoms with Crippen LogP contribution >= 0.6 is 0 Å². The first-order valence-corrected chi connectivity index (χ1v) is 16.6. The van der Waals surface area contributed by atoms with Gasteiger partial charge in [-0.15, -0.1) is 5.10 Å². The molecular formula is C38H28N6O11. The van der Waals surface area contributed by atoms with Crippen LogP contribution in [0.3, 0.4) is 0 Å². The molecule has 1 saturated heterocycles. The van der Waals surface area contributed by atoms with Crippen LogP contribution in [0.5, 0.6) is 0 Å². The van der Waals surface area contributed by atoms with Crippen LogP contribution in [0.25, 0.3) is 22.9 Å². The van der Waals surface area contributed by atoms with Gasteiger partial charge in [0.05, 0.1) is 21.6 Å². The van der Waals surface area contributed by atoms with Crippen molar-refractivity contribution in [3.05, 3.63) is 163 Å². The van der Waals surface area contributed by atoms with E-state index in [4.69, 9.17) is 18.9 Å². The molecule has 17 heteroatoms. The molecule has 17 nitrogen and oxygen atoms in total. The second kappa shape index (κ2) is 15.3. The molecule has 7 rings (SSSR count). The van der Waals surface area contributed by atoms with E-state index in [1.807, 2.05) is 0 Å². The molecule has 0 bridgehead atoms. The summed E-state index contributed by atoms with van der Waals surface area (Å²) in [5, 5.41) is 15.9. The SMILES string of the molecule is Cn1c(=O)nc2n([C@@H]3O[C@H](COC(=O)c4ccccc4)[C@@H](OC(=O)c4ccccc4)[C@H]3OC(=O)c3ccccc3)nc(-c3ccc([N+](=O)[O-])cc3)nc-2c1=O. The number of ether oxygens (including phenoxy) is 4. The van der Waals surface area contributed by atoms with Gasteiger partial charge in [0.1, 0.15) is 12.7 Å². The van der Waals surface area contributed by atoms with Crippen molar-refractivity contribution in [1.29, 1.82) is 0 Å². The van der Waals surface area contributed by atoms with E-state index in [2.05, 4.69) is 15.1 Å². The molecule has 276 valence electrons. The molecule has 0 radical (unpaired) electrons. The number of benzene rings is 4. The Kier molecular flexibility index (Phi) is 10.0. The third kappa shape index (κ3) is 7.44. The molecular weight excluding hydrogens is 716 g/mol. The first kappa shape index (κ1) is 36.0. The highest BCUT2D eigenvalue weighted by molar-refractivity contribution is 5.91. The van der Waals surface area contributed by atoms with Crippen LogP contribution in [0.1, 0.15) is 37.3 Å². The largest absolute Gasteiger partial charge is 0.459 e. The maximum Gasteiger partial charge on any atom is 0.352 e. The maximum absolute atomic E-state index is 13.7. The van der Waals surface area contributed by atoms with Crippen LogP contribution in [-0.2, 0) is 26.0 Å². The minimum atomic E-state index is -1.61. The minimum Gasteiger partial charge on any atom is -0.459 e. The van der Waals surface area contributed by atoms with Crippen molar-refractivity contribution < 1.29 is 38.3 Å². The van der Waals surface area contributed by atoms with Gasteiger partial charge in [0.25, 0.3) is 11.2 Å². The maximum atomic E-state index is 13.7. The zero-order valence-electron chi connectivity index (χ0n) is 28.7. The van der Waals surface area contributed by atoms with Gasteiger partial charge in [0.15, 0.2) is 35.8 Å². The fourth-order valence-corrected chi connectivity index (χ4v) is 5.78. The Labute approximate surface area is 309 Å². The van der Waals surface area contributed by atoms with Crippen LogP contribution in [-0.4, -0.2) is 72.1 Å². The molecule has 0 unspecified atom stereocenters. The zero-order chi connectivity index (χ0) is 38.6. The van der Waals surface area contributed by atoms with E-state index >= 15 is 0 Å². The summed E-state index contributed by atoms with van der Waals surface area (Å²) in [6.07, 6.45) is -6.03. The summed E-state index contributed by atoms with van der Waals surface area (Å²) in [7, 11) is 1.20. The molecule has 0 aliphatic carbocycles. The van der Waals surface area contributed by atoms with Crippen LogP contribution < -0.4 is 11.2 Å². The van der Waals surface area contributed by atoms with Gasteiger partial charge < -0.3 is 18.9 Å². The minimum absolute atomic E-state index is 0.117. The molecule has 3 heterocycles. The lowest BCUT2D eigenvalue weighted by molar-refractivity contribution is -0.384. The first-order valence-electron chi connectivity index (χ1n) is 16.6. The number of hydrogen-bond donors (Lipinski definition) is 0. The average molecular weight is 745 g/mol. The molecule has 0 aromatic heterocycles. The molecule has 0 spiro atoms. The standard InChI is InChI=1S/C38H28N6O11/c1-42-33(45)28-32(40-38(42)49)43(41-31(39-28)22-17-19-26(20-18-22)44(50)51)34-30(55-37(48)25-15-9-4-10-16-25)29(54-36(47)24-13-7-3-8-14-24)27(53-34)21-52-35(46)23-11-5-2-6-12-23/h2-20,27,29-30,34H,21H2,1H3/t27-,29-,30-,34-/m1/s1. The Morgan fingerprint density at radius 3 is 1.82 bits per heavy atom. The Bertz CT molecular complexity index is 2480. The number of rotatable bonds is 10. The lowest BCUT2D eigenvalue weighted by Crippen LogP contribution is -2.42. The van der Waals surface area contributed by atoms with E-state index in [9.17, 15) is 34.1 Å². The Balaban J connectivity index is 1.38. The highest BCUT2D eigenvalue weighted by Crippen LogP contribution is 2.37. The lowest BCUT2D eigenvalue weighted by atomic mass is 10.1. The van der Waals surface area contributed by atoms with Crippen LogP contribution in [0.2, 0.25) is 0 Å². The van der Waals surface area contributed by atoms with Gasteiger partial charge in [-0.05, 0) is 48.5 Å². The topological polar surface area (TPSA) is 214 Å². The predicted molar refractivity (Wildman–Crippen MR) is 190 cm³/mol. The molecule has 4 atom stereocenters. The van der Waals surface area contributed by atoms with E-state index in [-0.39, 0.29) is 45.3 Å². The summed E-state index contributed by atoms with van der Waals surface area (Å²) in [6.45, 7) is -0.531. The van der Waals surface area contributed by atoms with Gasteiger partial charge in [-0.25, -0.2) is 28.8 Å². The summed E-state index contributed by atoms with van der Waals surface area (Å²) in [5.74, 6) is -2.99. The summed E-state index contributed by atoms with van der Waals surface area (Å²) >= 11 is 0. The fraction of sp³-hybridized carbons (Fsp3) is 0.158. The highest BCUT2D eigenvalue weighted by atomic mass is 16.7. The molecule has 0 saturated carbocycles. The molecule has 4 aromatic rings. The fourth-order valence-electron chi connectivity index (χ4n) is 5.78. The van der Waals surface area contributed by atoms with Gasteiger partial charge in [-0.2, -0.15) is 4.98 Å². The number of nitro groups is 1. The van der Waals surface area contributed by atoms with Crippen molar-refractivity contribution in [2.45, 2.75) is 24.5 Å². The third-order valence-electron chi connectivity index (χ3n) is 8.60. The molecule has 3 aliphatic rings. The van der Waals surface area contributed by atoms with Gasteiger partial charge in [-0.1, -0.05) is 54.6 Å². The number of aromatic nitrogens is 5. The van der Waals surface area contributed by atoms with Crippen molar-refractivity contribution in [1.82, 2.24) is 24.3 Å². The molecule has 0 N–H and O–H groups in total. The Hall–Kier alpha value is -7.40. The quantitative estimate of drug-likeness (QED) is 0.0848. The monoisotopic (exact) mass is 744 g/mol. The summed E-state index contributed by atoms with van der Waals surface area (Å²) in [5.41, 5.74) is -1.75. The zero-order valence-corrected chi connectivity index (χ0v) is 28.7. The third-order valence-corrected chi connectivity index (χ3v) is 8.60. The number of nitro benzene ring substituents is 1. The second-order valence-corrected chi connectivity index (χ2v) is 12.1. The van der Waals surface area contributed by atoms with Gasteiger partial charge in [0.2, 0.25) is 0 Å². The van der Waals surface area contributed by atoms with Crippen molar-refractivity contribution in [3.8, 4) is 22.9 Å². The van der Waals surface area contributed by atoms with E-state index in [1.165, 1.54) is 67.7 Å². The number of nitrogens with zero attached hydrogens (tertiary/aromatic N) is 6. The van der Waals surface area contributed by atoms with Crippen molar-refractivity contribution in [2.75, 3.05) is 6.61 Å². The Morgan fingerprint density at radius 1 is 0.745 bits per heavy atom. The number of fused-ring (bicyclic) bond motifs is 1. The van der Waals surface area contributed by atoms with E-state index in [1.54, 1.807) is 54.6 Å². The van der Waals surface area contributed by atoms with Gasteiger partial charge in [-0.3, -0.25) is 19.5 Å². The number of esters is 3. The number of hydrogen-bond acceptors (Lipinski definition) is 14. The van der Waals surface area contributed by atoms with Crippen LogP contribution in [0, 0.1) is 10.1 Å². The van der Waals surface area contributed by atoms with Gasteiger partial charge >= 0.3 is 23.6 Å². The van der Waals surface area contributed by atoms with E-state index < -0.39 is 65.2 Å². The van der Waals surface area contributed by atoms with Crippen LogP contribution in [0.4, 0.5) is 5.69 Å². The molecule has 55 heavy (non-hydrogen) atoms. The molecule has 1 fully saturated rings. The number of carbonyl (C=O) groups is 3. The summed E-state index contributed by atoms with van der Waals surface area (Å²) < 4.78 is 25.7. The second-order valence-electron chi connectivity index (χ2n) is 12.1. The Morgan fingerprint density at radius 2 is 1.27 bits per heavy atom. The van der Waals surface area contributed by atoms with Crippen molar-refractivity contribution in [2.24, 2.45) is 7.05 Å². The summed E-state index contributed by atoms with van der Waals surface area (Å²) in [4.78, 5) is 86.0. The number of carbonyl (C=O) groups excluding carboxylic acids is 3. The smallest absolute Gasteiger partial charge is 0.352 e. The molecule has 3 aliphatic heterocycles. The van der Waals surface area contributed by atoms with E-state index in [0.29, 0.717) is 0 Å². The number of non-ortho nitro benzene ring substituents is 1. The molecule has 4 aromatic carbocycles. The predicted octanol–water partition coefficient (Wildman–Crippen LogP) is 3.62. The van der Waals surface area contributed by atoms with Crippen molar-refractivity contribution in [3.63, 3.8) is 0 Å². The normalized spacial score (nSPS) is 17.7. The first-order chi connectivity index (χ1) is 26.6. The highest BCUT2D eigenvalue weighted by Gasteiger charge is 2.52. The molecule has 0 amide bonds. The van der Waals surface area contributed by atoms with Crippen LogP contribution in [0.15, 0.2) is 125 Å². The summed E-state index contributed by atoms with van der Waals surface area (Å²) in [6, 6.07) is 29.0. The van der Waals surface area contributed by atoms with Crippen molar-refractivity contribution >= 4 is 23.6 Å². The van der Waals surface area contributed by atoms with Gasteiger partial charge in [0, 0.05) is 24.7 Å². The lowest BCUT2D eigenvalue weighted by Gasteiger charge is -2.26. The van der Waals surface area contributed by atoms with E-state index in [0.717, 1.165) is 9.25 Å².